The maximum Gasteiger partial charge on any atom is 0.128 e. The van der Waals surface area contributed by atoms with E-state index in [0.717, 1.165) is 11.4 Å². The molecule has 0 fully saturated rings. The van der Waals surface area contributed by atoms with Gasteiger partial charge in [0.15, 0.2) is 0 Å². The van der Waals surface area contributed by atoms with Crippen molar-refractivity contribution in [2.45, 2.75) is 46.7 Å². The Morgan fingerprint density at radius 2 is 1.88 bits per heavy atom. The van der Waals surface area contributed by atoms with E-state index >= 15 is 0 Å². The van der Waals surface area contributed by atoms with Crippen LogP contribution in [0.4, 0.5) is 5.82 Å². The number of aromatic nitrogens is 1. The van der Waals surface area contributed by atoms with E-state index in [0.29, 0.717) is 6.04 Å². The van der Waals surface area contributed by atoms with Crippen molar-refractivity contribution in [3.63, 3.8) is 0 Å². The first-order valence-corrected chi connectivity index (χ1v) is 6.18. The van der Waals surface area contributed by atoms with Gasteiger partial charge in [-0.05, 0) is 37.0 Å². The van der Waals surface area contributed by atoms with Crippen LogP contribution in [0.5, 0.6) is 0 Å². The van der Waals surface area contributed by atoms with Crippen LogP contribution in [0.1, 0.15) is 46.2 Å². The predicted molar refractivity (Wildman–Crippen MR) is 74.2 cm³/mol. The summed E-state index contributed by atoms with van der Waals surface area (Å²) in [5.74, 6) is 0.988. The average molecular weight is 235 g/mol. The minimum atomic E-state index is 0.0510. The van der Waals surface area contributed by atoms with Gasteiger partial charge in [-0.3, -0.25) is 0 Å². The van der Waals surface area contributed by atoms with E-state index in [2.05, 4.69) is 50.7 Å². The molecule has 96 valence electrons. The topological polar surface area (TPSA) is 42.1 Å². The van der Waals surface area contributed by atoms with Crippen LogP contribution in [-0.2, 0) is 0 Å². The van der Waals surface area contributed by atoms with Gasteiger partial charge < -0.3 is 10.6 Å². The lowest BCUT2D eigenvalue weighted by Crippen LogP contribution is -2.39. The molecular weight excluding hydrogens is 210 g/mol. The van der Waals surface area contributed by atoms with Crippen LogP contribution in [-0.4, -0.2) is 18.1 Å². The SMILES string of the molecule is CC(N(C)c1cc([C@H](C)N)ccn1)C(C)(C)C. The third-order valence-electron chi connectivity index (χ3n) is 3.49. The molecule has 0 spiro atoms. The lowest BCUT2D eigenvalue weighted by Gasteiger charge is -2.36. The Balaban J connectivity index is 2.96. The van der Waals surface area contributed by atoms with Gasteiger partial charge in [-0.15, -0.1) is 0 Å². The summed E-state index contributed by atoms with van der Waals surface area (Å²) in [4.78, 5) is 6.64. The summed E-state index contributed by atoms with van der Waals surface area (Å²) in [6, 6.07) is 4.52. The fourth-order valence-corrected chi connectivity index (χ4v) is 1.69. The van der Waals surface area contributed by atoms with Crippen molar-refractivity contribution in [2.24, 2.45) is 11.1 Å². The van der Waals surface area contributed by atoms with E-state index in [9.17, 15) is 0 Å². The summed E-state index contributed by atoms with van der Waals surface area (Å²) in [6.45, 7) is 10.9. The zero-order valence-electron chi connectivity index (χ0n) is 11.9. The molecule has 3 nitrogen and oxygen atoms in total. The average Bonchev–Trinajstić information content (AvgIpc) is 2.26. The molecule has 0 saturated heterocycles. The molecule has 0 saturated carbocycles. The quantitative estimate of drug-likeness (QED) is 0.875. The number of hydrogen-bond acceptors (Lipinski definition) is 3. The van der Waals surface area contributed by atoms with E-state index in [4.69, 9.17) is 5.73 Å². The standard InChI is InChI=1S/C14H25N3/c1-10(15)12-7-8-16-13(9-12)17(6)11(2)14(3,4)5/h7-11H,15H2,1-6H3/t10-,11?/m0/s1. The van der Waals surface area contributed by atoms with E-state index in [1.807, 2.05) is 19.2 Å². The highest BCUT2D eigenvalue weighted by Crippen LogP contribution is 2.27. The lowest BCUT2D eigenvalue weighted by molar-refractivity contribution is 0.328. The van der Waals surface area contributed by atoms with Crippen LogP contribution in [0.2, 0.25) is 0 Å². The second kappa shape index (κ2) is 5.05. The molecule has 0 radical (unpaired) electrons. The van der Waals surface area contributed by atoms with E-state index < -0.39 is 0 Å². The second-order valence-electron chi connectivity index (χ2n) is 5.89. The van der Waals surface area contributed by atoms with Gasteiger partial charge in [-0.25, -0.2) is 4.98 Å². The van der Waals surface area contributed by atoms with Crippen molar-refractivity contribution in [2.75, 3.05) is 11.9 Å². The van der Waals surface area contributed by atoms with E-state index in [1.165, 1.54) is 0 Å². The van der Waals surface area contributed by atoms with Gasteiger partial charge in [0, 0.05) is 25.3 Å². The summed E-state index contributed by atoms with van der Waals surface area (Å²) in [5, 5.41) is 0. The van der Waals surface area contributed by atoms with Crippen molar-refractivity contribution in [3.8, 4) is 0 Å². The Morgan fingerprint density at radius 1 is 1.29 bits per heavy atom. The first-order chi connectivity index (χ1) is 7.73. The number of pyridine rings is 1. The largest absolute Gasteiger partial charge is 0.356 e. The number of nitrogens with zero attached hydrogens (tertiary/aromatic N) is 2. The Kier molecular flexibility index (Phi) is 4.15. The third kappa shape index (κ3) is 3.43. The summed E-state index contributed by atoms with van der Waals surface area (Å²) in [6.07, 6.45) is 1.83. The molecule has 2 atom stereocenters. The van der Waals surface area contributed by atoms with E-state index in [-0.39, 0.29) is 11.5 Å². The van der Waals surface area contributed by atoms with Gasteiger partial charge in [0.1, 0.15) is 5.82 Å². The number of rotatable bonds is 3. The summed E-state index contributed by atoms with van der Waals surface area (Å²) < 4.78 is 0. The molecule has 0 aliphatic carbocycles. The van der Waals surface area contributed by atoms with Crippen molar-refractivity contribution in [1.29, 1.82) is 0 Å². The molecule has 3 heteroatoms. The van der Waals surface area contributed by atoms with Crippen LogP contribution in [0.3, 0.4) is 0 Å². The maximum absolute atomic E-state index is 5.90. The fourth-order valence-electron chi connectivity index (χ4n) is 1.69. The predicted octanol–water partition coefficient (Wildman–Crippen LogP) is 2.97. The zero-order valence-corrected chi connectivity index (χ0v) is 11.9. The Morgan fingerprint density at radius 3 is 2.35 bits per heavy atom. The fraction of sp³-hybridized carbons (Fsp3) is 0.643. The van der Waals surface area contributed by atoms with Crippen molar-refractivity contribution < 1.29 is 0 Å². The van der Waals surface area contributed by atoms with Gasteiger partial charge in [-0.2, -0.15) is 0 Å². The highest BCUT2D eigenvalue weighted by Gasteiger charge is 2.24. The Bertz CT molecular complexity index is 366. The molecule has 0 aromatic carbocycles. The highest BCUT2D eigenvalue weighted by atomic mass is 15.2. The van der Waals surface area contributed by atoms with Gasteiger partial charge in [0.25, 0.3) is 0 Å². The second-order valence-corrected chi connectivity index (χ2v) is 5.89. The van der Waals surface area contributed by atoms with Crippen LogP contribution in [0.15, 0.2) is 18.3 Å². The molecule has 1 rings (SSSR count). The third-order valence-corrected chi connectivity index (χ3v) is 3.49. The molecule has 2 N–H and O–H groups in total. The van der Waals surface area contributed by atoms with Crippen LogP contribution >= 0.6 is 0 Å². The number of anilines is 1. The first-order valence-electron chi connectivity index (χ1n) is 6.18. The molecule has 1 aromatic rings. The van der Waals surface area contributed by atoms with E-state index in [1.54, 1.807) is 0 Å². The summed E-state index contributed by atoms with van der Waals surface area (Å²) in [7, 11) is 2.09. The van der Waals surface area contributed by atoms with Gasteiger partial charge in [-0.1, -0.05) is 20.8 Å². The molecule has 0 amide bonds. The number of hydrogen-bond donors (Lipinski definition) is 1. The van der Waals surface area contributed by atoms with Crippen LogP contribution in [0.25, 0.3) is 0 Å². The number of nitrogens with two attached hydrogens (primary N) is 1. The van der Waals surface area contributed by atoms with Gasteiger partial charge >= 0.3 is 0 Å². The zero-order chi connectivity index (χ0) is 13.2. The van der Waals surface area contributed by atoms with Crippen molar-refractivity contribution in [3.05, 3.63) is 23.9 Å². The molecule has 0 bridgehead atoms. The normalized spacial score (nSPS) is 15.5. The van der Waals surface area contributed by atoms with Crippen molar-refractivity contribution in [1.82, 2.24) is 4.98 Å². The molecular formula is C14H25N3. The highest BCUT2D eigenvalue weighted by molar-refractivity contribution is 5.42. The molecule has 1 unspecified atom stereocenters. The molecule has 0 aliphatic rings. The summed E-state index contributed by atoms with van der Waals surface area (Å²) >= 11 is 0. The summed E-state index contributed by atoms with van der Waals surface area (Å²) in [5.41, 5.74) is 7.25. The Hall–Kier alpha value is -1.09. The smallest absolute Gasteiger partial charge is 0.128 e. The van der Waals surface area contributed by atoms with Crippen LogP contribution in [0, 0.1) is 5.41 Å². The van der Waals surface area contributed by atoms with Crippen molar-refractivity contribution >= 4 is 5.82 Å². The molecule has 0 aliphatic heterocycles. The minimum Gasteiger partial charge on any atom is -0.356 e. The monoisotopic (exact) mass is 235 g/mol. The Labute approximate surface area is 105 Å². The molecule has 17 heavy (non-hydrogen) atoms. The van der Waals surface area contributed by atoms with Gasteiger partial charge in [0.05, 0.1) is 0 Å². The molecule has 1 aromatic heterocycles. The maximum atomic E-state index is 5.90. The van der Waals surface area contributed by atoms with Gasteiger partial charge in [0.2, 0.25) is 0 Å². The first kappa shape index (κ1) is 14.0. The lowest BCUT2D eigenvalue weighted by atomic mass is 9.87. The molecule has 1 heterocycles. The minimum absolute atomic E-state index is 0.0510. The van der Waals surface area contributed by atoms with Crippen LogP contribution < -0.4 is 10.6 Å².